The van der Waals surface area contributed by atoms with Crippen molar-refractivity contribution in [2.75, 3.05) is 20.8 Å². The Morgan fingerprint density at radius 2 is 1.53 bits per heavy atom. The fourth-order valence-corrected chi connectivity index (χ4v) is 3.58. The molecule has 0 atom stereocenters. The van der Waals surface area contributed by atoms with Gasteiger partial charge in [-0.2, -0.15) is 0 Å². The van der Waals surface area contributed by atoms with E-state index in [9.17, 15) is 0 Å². The molecule has 0 saturated heterocycles. The molecule has 1 N–H and O–H groups in total. The van der Waals surface area contributed by atoms with Crippen LogP contribution in [0, 0.1) is 0 Å². The van der Waals surface area contributed by atoms with Crippen LogP contribution in [0.3, 0.4) is 0 Å². The number of rotatable bonds is 10. The Kier molecular flexibility index (Phi) is 8.26. The predicted molar refractivity (Wildman–Crippen MR) is 122 cm³/mol. The summed E-state index contributed by atoms with van der Waals surface area (Å²) in [4.78, 5) is 0. The van der Waals surface area contributed by atoms with Crippen LogP contribution in [-0.4, -0.2) is 20.8 Å². The molecule has 0 saturated carbocycles. The maximum atomic E-state index is 6.21. The zero-order valence-electron chi connectivity index (χ0n) is 17.1. The predicted octanol–water partition coefficient (Wildman–Crippen LogP) is 5.92. The number of benzene rings is 3. The fraction of sp³-hybridized carbons (Fsp3) is 0.250. The van der Waals surface area contributed by atoms with E-state index in [1.165, 1.54) is 5.56 Å². The molecule has 0 spiro atoms. The van der Waals surface area contributed by atoms with E-state index in [1.54, 1.807) is 14.2 Å². The van der Waals surface area contributed by atoms with Gasteiger partial charge >= 0.3 is 0 Å². The summed E-state index contributed by atoms with van der Waals surface area (Å²) in [5.74, 6) is 2.27. The van der Waals surface area contributed by atoms with Crippen LogP contribution >= 0.6 is 23.2 Å². The fourth-order valence-electron chi connectivity index (χ4n) is 3.07. The number of hydrogen-bond acceptors (Lipinski definition) is 4. The highest BCUT2D eigenvalue weighted by Gasteiger charge is 2.07. The number of ether oxygens (including phenoxy) is 3. The van der Waals surface area contributed by atoms with E-state index in [0.29, 0.717) is 16.7 Å². The minimum atomic E-state index is 0.328. The zero-order chi connectivity index (χ0) is 21.3. The van der Waals surface area contributed by atoms with Gasteiger partial charge in [-0.3, -0.25) is 0 Å². The maximum absolute atomic E-state index is 6.21. The molecular formula is C24H25Cl2NO3. The van der Waals surface area contributed by atoms with E-state index in [1.807, 2.05) is 48.5 Å². The van der Waals surface area contributed by atoms with E-state index in [2.05, 4.69) is 17.4 Å². The standard InChI is InChI=1S/C24H25Cl2NO3/c1-28-23-10-9-17(14-24(23)29-2)11-12-27-15-18-5-3-6-19(13-18)30-16-20-21(25)7-4-8-22(20)26/h3-10,13-14,27H,11-12,15-16H2,1-2H3. The summed E-state index contributed by atoms with van der Waals surface area (Å²) in [5.41, 5.74) is 3.12. The minimum absolute atomic E-state index is 0.328. The first-order valence-corrected chi connectivity index (χ1v) is 10.4. The molecule has 3 rings (SSSR count). The lowest BCUT2D eigenvalue weighted by molar-refractivity contribution is 0.306. The van der Waals surface area contributed by atoms with Crippen LogP contribution in [0.4, 0.5) is 0 Å². The highest BCUT2D eigenvalue weighted by Crippen LogP contribution is 2.28. The number of nitrogens with one attached hydrogen (secondary N) is 1. The van der Waals surface area contributed by atoms with Gasteiger partial charge in [0.2, 0.25) is 0 Å². The van der Waals surface area contributed by atoms with Gasteiger partial charge in [-0.05, 0) is 60.5 Å². The summed E-state index contributed by atoms with van der Waals surface area (Å²) in [6.45, 7) is 1.92. The van der Waals surface area contributed by atoms with Gasteiger partial charge in [0, 0.05) is 22.2 Å². The number of methoxy groups -OCH3 is 2. The second kappa shape index (κ2) is 11.1. The molecule has 0 aliphatic heterocycles. The third-order valence-corrected chi connectivity index (χ3v) is 5.42. The Morgan fingerprint density at radius 3 is 2.27 bits per heavy atom. The number of halogens is 2. The van der Waals surface area contributed by atoms with Crippen LogP contribution in [0.2, 0.25) is 10.0 Å². The molecule has 0 aliphatic carbocycles. The molecule has 0 unspecified atom stereocenters. The summed E-state index contributed by atoms with van der Waals surface area (Å²) in [6.07, 6.45) is 0.890. The molecule has 30 heavy (non-hydrogen) atoms. The van der Waals surface area contributed by atoms with Crippen LogP contribution in [0.25, 0.3) is 0 Å². The highest BCUT2D eigenvalue weighted by atomic mass is 35.5. The molecule has 0 aliphatic rings. The monoisotopic (exact) mass is 445 g/mol. The van der Waals surface area contributed by atoms with Gasteiger partial charge < -0.3 is 19.5 Å². The second-order valence-electron chi connectivity index (χ2n) is 6.75. The lowest BCUT2D eigenvalue weighted by atomic mass is 10.1. The molecular weight excluding hydrogens is 421 g/mol. The van der Waals surface area contributed by atoms with Crippen molar-refractivity contribution in [3.05, 3.63) is 87.4 Å². The molecule has 158 valence electrons. The molecule has 0 radical (unpaired) electrons. The normalized spacial score (nSPS) is 10.7. The first-order valence-electron chi connectivity index (χ1n) is 9.67. The van der Waals surface area contributed by atoms with Crippen molar-refractivity contribution in [2.45, 2.75) is 19.6 Å². The molecule has 0 fully saturated rings. The van der Waals surface area contributed by atoms with Crippen molar-refractivity contribution in [1.82, 2.24) is 5.32 Å². The first kappa shape index (κ1) is 22.3. The van der Waals surface area contributed by atoms with Crippen molar-refractivity contribution in [3.63, 3.8) is 0 Å². The molecule has 0 amide bonds. The number of hydrogen-bond donors (Lipinski definition) is 1. The average Bonchev–Trinajstić information content (AvgIpc) is 2.76. The van der Waals surface area contributed by atoms with Crippen molar-refractivity contribution < 1.29 is 14.2 Å². The molecule has 0 aromatic heterocycles. The maximum Gasteiger partial charge on any atom is 0.160 e. The molecule has 0 heterocycles. The third-order valence-electron chi connectivity index (χ3n) is 4.71. The smallest absolute Gasteiger partial charge is 0.160 e. The van der Waals surface area contributed by atoms with Crippen molar-refractivity contribution in [3.8, 4) is 17.2 Å². The van der Waals surface area contributed by atoms with Crippen molar-refractivity contribution in [1.29, 1.82) is 0 Å². The van der Waals surface area contributed by atoms with Gasteiger partial charge in [0.05, 0.1) is 14.2 Å². The van der Waals surface area contributed by atoms with Crippen LogP contribution in [-0.2, 0) is 19.6 Å². The molecule has 6 heteroatoms. The van der Waals surface area contributed by atoms with Crippen molar-refractivity contribution >= 4 is 23.2 Å². The van der Waals surface area contributed by atoms with Gasteiger partial charge in [0.1, 0.15) is 12.4 Å². The van der Waals surface area contributed by atoms with E-state index < -0.39 is 0 Å². The largest absolute Gasteiger partial charge is 0.493 e. The van der Waals surface area contributed by atoms with Gasteiger partial charge in [0.15, 0.2) is 11.5 Å². The highest BCUT2D eigenvalue weighted by molar-refractivity contribution is 6.35. The van der Waals surface area contributed by atoms with Crippen LogP contribution in [0.5, 0.6) is 17.2 Å². The second-order valence-corrected chi connectivity index (χ2v) is 7.57. The van der Waals surface area contributed by atoms with Crippen molar-refractivity contribution in [2.24, 2.45) is 0 Å². The molecule has 3 aromatic rings. The Hall–Kier alpha value is -2.40. The lowest BCUT2D eigenvalue weighted by Gasteiger charge is -2.12. The van der Waals surface area contributed by atoms with Gasteiger partial charge in [-0.1, -0.05) is 47.5 Å². The Bertz CT molecular complexity index is 958. The van der Waals surface area contributed by atoms with E-state index in [4.69, 9.17) is 37.4 Å². The average molecular weight is 446 g/mol. The van der Waals surface area contributed by atoms with Crippen LogP contribution < -0.4 is 19.5 Å². The SMILES string of the molecule is COc1ccc(CCNCc2cccc(OCc3c(Cl)cccc3Cl)c2)cc1OC. The topological polar surface area (TPSA) is 39.7 Å². The molecule has 0 bridgehead atoms. The van der Waals surface area contributed by atoms with Gasteiger partial charge in [-0.15, -0.1) is 0 Å². The lowest BCUT2D eigenvalue weighted by Crippen LogP contribution is -2.16. The summed E-state index contributed by atoms with van der Waals surface area (Å²) < 4.78 is 16.5. The van der Waals surface area contributed by atoms with E-state index in [0.717, 1.165) is 47.9 Å². The quantitative estimate of drug-likeness (QED) is 0.393. The molecule has 4 nitrogen and oxygen atoms in total. The zero-order valence-corrected chi connectivity index (χ0v) is 18.6. The summed E-state index contributed by atoms with van der Waals surface area (Å²) in [6, 6.07) is 19.4. The summed E-state index contributed by atoms with van der Waals surface area (Å²) >= 11 is 12.4. The Labute approximate surface area is 187 Å². The van der Waals surface area contributed by atoms with Gasteiger partial charge in [-0.25, -0.2) is 0 Å². The minimum Gasteiger partial charge on any atom is -0.493 e. The Morgan fingerprint density at radius 1 is 0.800 bits per heavy atom. The van der Waals surface area contributed by atoms with E-state index >= 15 is 0 Å². The summed E-state index contributed by atoms with van der Waals surface area (Å²) in [7, 11) is 3.29. The molecule has 3 aromatic carbocycles. The van der Waals surface area contributed by atoms with Crippen LogP contribution in [0.1, 0.15) is 16.7 Å². The third kappa shape index (κ3) is 6.05. The first-order chi connectivity index (χ1) is 14.6. The van der Waals surface area contributed by atoms with Gasteiger partial charge in [0.25, 0.3) is 0 Å². The van der Waals surface area contributed by atoms with Crippen LogP contribution in [0.15, 0.2) is 60.7 Å². The Balaban J connectivity index is 1.50. The summed E-state index contributed by atoms with van der Waals surface area (Å²) in [5, 5.41) is 4.68. The van der Waals surface area contributed by atoms with E-state index in [-0.39, 0.29) is 0 Å².